The molecule has 0 saturated carbocycles. The molecule has 1 atom stereocenters. The number of sulfonamides is 1. The highest BCUT2D eigenvalue weighted by Gasteiger charge is 2.33. The summed E-state index contributed by atoms with van der Waals surface area (Å²) in [7, 11) is -1.47. The molecule has 4 nitrogen and oxygen atoms in total. The Bertz CT molecular complexity index is 565. The maximum Gasteiger partial charge on any atom is 0.243 e. The fourth-order valence-corrected chi connectivity index (χ4v) is 4.76. The van der Waals surface area contributed by atoms with Gasteiger partial charge in [-0.1, -0.05) is 22.0 Å². The molecule has 1 aliphatic heterocycles. The minimum Gasteiger partial charge on any atom is -0.319 e. The monoisotopic (exact) mass is 382 g/mol. The maximum absolute atomic E-state index is 12.6. The van der Waals surface area contributed by atoms with Crippen LogP contribution >= 0.6 is 28.3 Å². The van der Waals surface area contributed by atoms with Crippen LogP contribution in [-0.2, 0) is 10.0 Å². The second kappa shape index (κ2) is 7.22. The van der Waals surface area contributed by atoms with E-state index in [0.717, 1.165) is 23.0 Å². The van der Waals surface area contributed by atoms with E-state index in [-0.39, 0.29) is 12.4 Å². The molecule has 1 aromatic carbocycles. The Morgan fingerprint density at radius 3 is 2.80 bits per heavy atom. The van der Waals surface area contributed by atoms with Crippen molar-refractivity contribution in [1.82, 2.24) is 9.62 Å². The van der Waals surface area contributed by atoms with Crippen molar-refractivity contribution in [1.29, 1.82) is 0 Å². The van der Waals surface area contributed by atoms with Crippen molar-refractivity contribution < 1.29 is 8.42 Å². The lowest BCUT2D eigenvalue weighted by Gasteiger charge is -2.18. The van der Waals surface area contributed by atoms with E-state index in [4.69, 9.17) is 0 Å². The summed E-state index contributed by atoms with van der Waals surface area (Å²) in [5, 5.41) is 3.11. The molecule has 1 heterocycles. The number of nitrogens with zero attached hydrogens (tertiary/aromatic N) is 1. The summed E-state index contributed by atoms with van der Waals surface area (Å²) >= 11 is 3.34. The number of nitrogens with one attached hydrogen (secondary N) is 1. The lowest BCUT2D eigenvalue weighted by molar-refractivity contribution is 0.451. The molecule has 0 bridgehead atoms. The first-order valence-corrected chi connectivity index (χ1v) is 8.59. The van der Waals surface area contributed by atoms with Crippen molar-refractivity contribution in [3.63, 3.8) is 0 Å². The zero-order chi connectivity index (χ0) is 14.0. The molecular weight excluding hydrogens is 364 g/mol. The predicted molar refractivity (Wildman–Crippen MR) is 86.9 cm³/mol. The van der Waals surface area contributed by atoms with Crippen LogP contribution in [0.15, 0.2) is 27.6 Å². The lowest BCUT2D eigenvalue weighted by atomic mass is 10.1. The van der Waals surface area contributed by atoms with Gasteiger partial charge in [-0.3, -0.25) is 0 Å². The van der Waals surface area contributed by atoms with E-state index in [1.54, 1.807) is 10.4 Å². The second-order valence-corrected chi connectivity index (χ2v) is 7.81. The van der Waals surface area contributed by atoms with Gasteiger partial charge in [0.05, 0.1) is 4.90 Å². The van der Waals surface area contributed by atoms with Gasteiger partial charge in [-0.15, -0.1) is 12.4 Å². The third kappa shape index (κ3) is 3.74. The highest BCUT2D eigenvalue weighted by Crippen LogP contribution is 2.27. The molecule has 0 aliphatic carbocycles. The quantitative estimate of drug-likeness (QED) is 0.868. The molecule has 1 N–H and O–H groups in total. The zero-order valence-electron chi connectivity index (χ0n) is 11.6. The Hall–Kier alpha value is -0.140. The molecule has 0 aromatic heterocycles. The van der Waals surface area contributed by atoms with Crippen LogP contribution in [0.5, 0.6) is 0 Å². The standard InChI is InChI=1S/C13H19BrN2O2S.ClH/c1-10-3-4-12(14)7-13(10)19(17,18)16-6-5-11(9-16)8-15-2;/h3-4,7,11,15H,5-6,8-9H2,1-2H3;1H. The molecule has 1 saturated heterocycles. The van der Waals surface area contributed by atoms with Crippen LogP contribution in [0, 0.1) is 12.8 Å². The van der Waals surface area contributed by atoms with E-state index < -0.39 is 10.0 Å². The average Bonchev–Trinajstić information content (AvgIpc) is 2.82. The SMILES string of the molecule is CNCC1CCN(S(=O)(=O)c2cc(Br)ccc2C)C1.Cl. The van der Waals surface area contributed by atoms with Gasteiger partial charge in [-0.2, -0.15) is 4.31 Å². The Balaban J connectivity index is 0.00000200. The minimum absolute atomic E-state index is 0. The summed E-state index contributed by atoms with van der Waals surface area (Å²) in [4.78, 5) is 0.409. The number of hydrogen-bond donors (Lipinski definition) is 1. The van der Waals surface area contributed by atoms with E-state index in [0.29, 0.717) is 23.9 Å². The van der Waals surface area contributed by atoms with Crippen molar-refractivity contribution in [3.8, 4) is 0 Å². The van der Waals surface area contributed by atoms with E-state index in [1.165, 1.54) is 0 Å². The van der Waals surface area contributed by atoms with Crippen LogP contribution in [0.25, 0.3) is 0 Å². The number of halogens is 2. The minimum atomic E-state index is -3.37. The normalized spacial score (nSPS) is 19.9. The Morgan fingerprint density at radius 2 is 2.15 bits per heavy atom. The van der Waals surface area contributed by atoms with Crippen LogP contribution in [-0.4, -0.2) is 39.4 Å². The van der Waals surface area contributed by atoms with Crippen LogP contribution in [0.3, 0.4) is 0 Å². The third-order valence-electron chi connectivity index (χ3n) is 3.51. The van der Waals surface area contributed by atoms with Crippen LogP contribution in [0.4, 0.5) is 0 Å². The average molecular weight is 384 g/mol. The zero-order valence-corrected chi connectivity index (χ0v) is 14.8. The van der Waals surface area contributed by atoms with Gasteiger partial charge in [0.1, 0.15) is 0 Å². The summed E-state index contributed by atoms with van der Waals surface area (Å²) < 4.78 is 27.7. The molecule has 1 unspecified atom stereocenters. The van der Waals surface area contributed by atoms with Crippen molar-refractivity contribution in [2.24, 2.45) is 5.92 Å². The summed E-state index contributed by atoms with van der Waals surface area (Å²) in [5.41, 5.74) is 0.792. The van der Waals surface area contributed by atoms with Gasteiger partial charge in [0.15, 0.2) is 0 Å². The van der Waals surface area contributed by atoms with Crippen LogP contribution in [0.2, 0.25) is 0 Å². The summed E-state index contributed by atoms with van der Waals surface area (Å²) in [6.07, 6.45) is 0.924. The van der Waals surface area contributed by atoms with E-state index in [9.17, 15) is 8.42 Å². The largest absolute Gasteiger partial charge is 0.319 e. The summed E-state index contributed by atoms with van der Waals surface area (Å²) in [6, 6.07) is 5.39. The Morgan fingerprint density at radius 1 is 1.45 bits per heavy atom. The molecule has 2 rings (SSSR count). The van der Waals surface area contributed by atoms with Crippen molar-refractivity contribution in [2.45, 2.75) is 18.2 Å². The molecular formula is C13H20BrClN2O2S. The van der Waals surface area contributed by atoms with Gasteiger partial charge in [-0.25, -0.2) is 8.42 Å². The lowest BCUT2D eigenvalue weighted by Crippen LogP contribution is -2.30. The second-order valence-electron chi connectivity index (χ2n) is 4.99. The van der Waals surface area contributed by atoms with Crippen molar-refractivity contribution in [2.75, 3.05) is 26.7 Å². The fraction of sp³-hybridized carbons (Fsp3) is 0.538. The molecule has 1 aliphatic rings. The molecule has 1 aromatic rings. The summed E-state index contributed by atoms with van der Waals surface area (Å²) in [6.45, 7) is 3.92. The van der Waals surface area contributed by atoms with Crippen LogP contribution < -0.4 is 5.32 Å². The molecule has 1 fully saturated rings. The maximum atomic E-state index is 12.6. The van der Waals surface area contributed by atoms with Gasteiger partial charge >= 0.3 is 0 Å². The molecule has 0 spiro atoms. The first kappa shape index (κ1) is 17.9. The highest BCUT2D eigenvalue weighted by atomic mass is 79.9. The van der Waals surface area contributed by atoms with Gasteiger partial charge in [0.2, 0.25) is 10.0 Å². The van der Waals surface area contributed by atoms with Gasteiger partial charge in [0.25, 0.3) is 0 Å². The van der Waals surface area contributed by atoms with E-state index in [1.807, 2.05) is 26.1 Å². The van der Waals surface area contributed by atoms with Gasteiger partial charge in [-0.05, 0) is 50.6 Å². The first-order chi connectivity index (χ1) is 8.95. The molecule has 7 heteroatoms. The smallest absolute Gasteiger partial charge is 0.243 e. The number of aryl methyl sites for hydroxylation is 1. The van der Waals surface area contributed by atoms with Crippen molar-refractivity contribution in [3.05, 3.63) is 28.2 Å². The predicted octanol–water partition coefficient (Wildman–Crippen LogP) is 2.41. The van der Waals surface area contributed by atoms with Crippen LogP contribution in [0.1, 0.15) is 12.0 Å². The number of hydrogen-bond acceptors (Lipinski definition) is 3. The molecule has 0 radical (unpaired) electrons. The van der Waals surface area contributed by atoms with Gasteiger partial charge < -0.3 is 5.32 Å². The molecule has 20 heavy (non-hydrogen) atoms. The highest BCUT2D eigenvalue weighted by molar-refractivity contribution is 9.10. The number of benzene rings is 1. The van der Waals surface area contributed by atoms with E-state index in [2.05, 4.69) is 21.2 Å². The topological polar surface area (TPSA) is 49.4 Å². The van der Waals surface area contributed by atoms with E-state index >= 15 is 0 Å². The van der Waals surface area contributed by atoms with Gasteiger partial charge in [0, 0.05) is 17.6 Å². The molecule has 114 valence electrons. The fourth-order valence-electron chi connectivity index (χ4n) is 2.46. The summed E-state index contributed by atoms with van der Waals surface area (Å²) in [5.74, 6) is 0.409. The third-order valence-corrected chi connectivity index (χ3v) is 6.01. The number of rotatable bonds is 4. The Kier molecular flexibility index (Phi) is 6.47. The van der Waals surface area contributed by atoms with Crippen molar-refractivity contribution >= 4 is 38.4 Å². The Labute approximate surface area is 135 Å². The first-order valence-electron chi connectivity index (χ1n) is 6.36. The molecule has 0 amide bonds.